The van der Waals surface area contributed by atoms with Gasteiger partial charge in [-0.2, -0.15) is 10.2 Å². The van der Waals surface area contributed by atoms with Gasteiger partial charge in [0.05, 0.1) is 18.5 Å². The van der Waals surface area contributed by atoms with Gasteiger partial charge in [0.1, 0.15) is 0 Å². The Hall–Kier alpha value is -1.25. The van der Waals surface area contributed by atoms with Gasteiger partial charge in [0.15, 0.2) is 5.43 Å². The molecule has 1 aromatic rings. The van der Waals surface area contributed by atoms with Crippen LogP contribution in [0.25, 0.3) is 0 Å². The zero-order valence-electron chi connectivity index (χ0n) is 4.03. The average molecular weight is 107 g/mol. The van der Waals surface area contributed by atoms with Crippen molar-refractivity contribution in [2.45, 2.75) is 0 Å². The minimum atomic E-state index is -0.199. The van der Waals surface area contributed by atoms with Crippen molar-refractivity contribution in [2.75, 3.05) is 0 Å². The van der Waals surface area contributed by atoms with Crippen molar-refractivity contribution in [3.05, 3.63) is 34.7 Å². The summed E-state index contributed by atoms with van der Waals surface area (Å²) >= 11 is 0. The van der Waals surface area contributed by atoms with Gasteiger partial charge >= 0.3 is 0 Å². The number of hydrogen-bond acceptors (Lipinski definition) is 3. The molecule has 0 atom stereocenters. The second-order valence-corrected chi connectivity index (χ2v) is 1.18. The highest BCUT2D eigenvalue weighted by Gasteiger charge is 1.72. The van der Waals surface area contributed by atoms with E-state index in [0.29, 0.717) is 0 Å². The number of nitrogens with zero attached hydrogens (tertiary/aromatic N) is 2. The van der Waals surface area contributed by atoms with Crippen molar-refractivity contribution in [1.82, 2.24) is 10.2 Å². The Bertz CT molecular complexity index is 201. The van der Waals surface area contributed by atoms with Crippen LogP contribution in [-0.2, 0) is 0 Å². The first-order valence-corrected chi connectivity index (χ1v) is 2.08. The smallest absolute Gasteiger partial charge is 0.189 e. The first-order valence-electron chi connectivity index (χ1n) is 2.08. The topological polar surface area (TPSA) is 42.9 Å². The normalized spacial score (nSPS) is 8.50. The molecule has 0 aliphatic heterocycles. The van der Waals surface area contributed by atoms with Gasteiger partial charge in [0.25, 0.3) is 0 Å². The van der Waals surface area contributed by atoms with E-state index in [9.17, 15) is 4.79 Å². The summed E-state index contributed by atoms with van der Waals surface area (Å²) < 4.78 is 0. The second-order valence-electron chi connectivity index (χ2n) is 1.18. The molecule has 1 aromatic heterocycles. The number of hydrogen-bond donors (Lipinski definition) is 0. The van der Waals surface area contributed by atoms with Gasteiger partial charge in [0.2, 0.25) is 0 Å². The summed E-state index contributed by atoms with van der Waals surface area (Å²) in [5.41, 5.74) is -0.199. The SMILES string of the molecule is O=c1[c]cnncc1. The zero-order chi connectivity index (χ0) is 5.82. The molecule has 3 heteroatoms. The van der Waals surface area contributed by atoms with Gasteiger partial charge in [-0.05, 0) is 0 Å². The van der Waals surface area contributed by atoms with E-state index in [4.69, 9.17) is 0 Å². The molecule has 0 bridgehead atoms. The van der Waals surface area contributed by atoms with E-state index in [1.54, 1.807) is 0 Å². The Balaban J connectivity index is 3.32. The minimum absolute atomic E-state index is 0.199. The fourth-order valence-corrected chi connectivity index (χ4v) is 0.313. The van der Waals surface area contributed by atoms with Crippen molar-refractivity contribution < 1.29 is 0 Å². The summed E-state index contributed by atoms with van der Waals surface area (Å²) in [6.07, 6.45) is 2.57. The highest BCUT2D eigenvalue weighted by Crippen LogP contribution is 1.59. The number of aromatic nitrogens is 2. The van der Waals surface area contributed by atoms with Crippen LogP contribution in [0.15, 0.2) is 23.3 Å². The molecule has 0 N–H and O–H groups in total. The summed E-state index contributed by atoms with van der Waals surface area (Å²) in [5.74, 6) is 0. The van der Waals surface area contributed by atoms with E-state index in [0.717, 1.165) is 0 Å². The van der Waals surface area contributed by atoms with Crippen LogP contribution >= 0.6 is 0 Å². The Morgan fingerprint density at radius 3 is 3.25 bits per heavy atom. The molecule has 0 saturated heterocycles. The molecule has 0 aromatic carbocycles. The zero-order valence-corrected chi connectivity index (χ0v) is 4.03. The highest BCUT2D eigenvalue weighted by molar-refractivity contribution is 4.84. The summed E-state index contributed by atoms with van der Waals surface area (Å²) in [6.45, 7) is 0. The molecule has 1 heterocycles. The van der Waals surface area contributed by atoms with Crippen molar-refractivity contribution in [3.63, 3.8) is 0 Å². The third-order valence-corrected chi connectivity index (χ3v) is 0.624. The summed E-state index contributed by atoms with van der Waals surface area (Å²) in [4.78, 5) is 10.3. The van der Waals surface area contributed by atoms with Crippen LogP contribution in [-0.4, -0.2) is 10.2 Å². The molecule has 0 spiro atoms. The fourth-order valence-electron chi connectivity index (χ4n) is 0.313. The van der Waals surface area contributed by atoms with Gasteiger partial charge in [-0.25, -0.2) is 0 Å². The van der Waals surface area contributed by atoms with Gasteiger partial charge in [0, 0.05) is 6.07 Å². The van der Waals surface area contributed by atoms with Gasteiger partial charge in [-0.15, -0.1) is 0 Å². The van der Waals surface area contributed by atoms with Crippen LogP contribution in [0.3, 0.4) is 0 Å². The van der Waals surface area contributed by atoms with Crippen LogP contribution < -0.4 is 5.43 Å². The Morgan fingerprint density at radius 2 is 2.38 bits per heavy atom. The monoisotopic (exact) mass is 107 g/mol. The largest absolute Gasteiger partial charge is 0.289 e. The predicted molar refractivity (Wildman–Crippen MR) is 27.1 cm³/mol. The molecule has 8 heavy (non-hydrogen) atoms. The molecule has 0 saturated carbocycles. The predicted octanol–water partition coefficient (Wildman–Crippen LogP) is -0.363. The van der Waals surface area contributed by atoms with Gasteiger partial charge in [-0.1, -0.05) is 0 Å². The maximum atomic E-state index is 10.3. The molecule has 0 fully saturated rings. The van der Waals surface area contributed by atoms with Gasteiger partial charge in [-0.3, -0.25) is 4.79 Å². The Kier molecular flexibility index (Phi) is 1.32. The first kappa shape index (κ1) is 4.90. The lowest BCUT2D eigenvalue weighted by Gasteiger charge is -1.54. The van der Waals surface area contributed by atoms with E-state index in [2.05, 4.69) is 16.3 Å². The van der Waals surface area contributed by atoms with Crippen LogP contribution in [0.2, 0.25) is 0 Å². The molecule has 3 nitrogen and oxygen atoms in total. The minimum Gasteiger partial charge on any atom is -0.289 e. The number of rotatable bonds is 0. The molecule has 39 valence electrons. The highest BCUT2D eigenvalue weighted by atomic mass is 16.1. The third-order valence-electron chi connectivity index (χ3n) is 0.624. The second kappa shape index (κ2) is 2.16. The maximum Gasteiger partial charge on any atom is 0.189 e. The molecular formula is C5H3N2O. The van der Waals surface area contributed by atoms with E-state index in [1.807, 2.05) is 0 Å². The Morgan fingerprint density at radius 1 is 1.50 bits per heavy atom. The van der Waals surface area contributed by atoms with Crippen molar-refractivity contribution in [1.29, 1.82) is 0 Å². The lowest BCUT2D eigenvalue weighted by molar-refractivity contribution is 1.05. The molecule has 0 unspecified atom stereocenters. The van der Waals surface area contributed by atoms with E-state index in [1.165, 1.54) is 18.5 Å². The van der Waals surface area contributed by atoms with Crippen LogP contribution in [0.1, 0.15) is 0 Å². The summed E-state index contributed by atoms with van der Waals surface area (Å²) in [5, 5.41) is 6.83. The summed E-state index contributed by atoms with van der Waals surface area (Å²) in [6, 6.07) is 3.63. The maximum absolute atomic E-state index is 10.3. The molecular weight excluding hydrogens is 104 g/mol. The van der Waals surface area contributed by atoms with E-state index in [-0.39, 0.29) is 5.43 Å². The average Bonchev–Trinajstić information content (AvgIpc) is 1.94. The van der Waals surface area contributed by atoms with Crippen molar-refractivity contribution in [2.24, 2.45) is 0 Å². The van der Waals surface area contributed by atoms with Crippen LogP contribution in [0, 0.1) is 6.07 Å². The van der Waals surface area contributed by atoms with Crippen molar-refractivity contribution >= 4 is 0 Å². The molecule has 0 amide bonds. The van der Waals surface area contributed by atoms with E-state index >= 15 is 0 Å². The van der Waals surface area contributed by atoms with Crippen LogP contribution in [0.5, 0.6) is 0 Å². The molecule has 0 aliphatic rings. The molecule has 0 aliphatic carbocycles. The quantitative estimate of drug-likeness (QED) is 0.454. The molecule has 1 rings (SSSR count). The summed E-state index contributed by atoms with van der Waals surface area (Å²) in [7, 11) is 0. The van der Waals surface area contributed by atoms with E-state index < -0.39 is 0 Å². The molecule has 1 radical (unpaired) electrons. The standard InChI is InChI=1S/C5H3N2O/c8-5-1-3-6-7-4-2-5/h1,3-4H. The van der Waals surface area contributed by atoms with Gasteiger partial charge < -0.3 is 0 Å². The lowest BCUT2D eigenvalue weighted by Crippen LogP contribution is -1.88. The van der Waals surface area contributed by atoms with Crippen LogP contribution in [0.4, 0.5) is 0 Å². The first-order chi connectivity index (χ1) is 3.89. The lowest BCUT2D eigenvalue weighted by atomic mass is 10.5. The Labute approximate surface area is 46.0 Å². The third kappa shape index (κ3) is 1.11. The van der Waals surface area contributed by atoms with Crippen molar-refractivity contribution in [3.8, 4) is 0 Å². The fraction of sp³-hybridized carbons (Fsp3) is 0.